The van der Waals surface area contributed by atoms with Gasteiger partial charge in [-0.1, -0.05) is 18.2 Å². The molecule has 0 amide bonds. The second-order valence-corrected chi connectivity index (χ2v) is 6.61. The van der Waals surface area contributed by atoms with Gasteiger partial charge in [0.25, 0.3) is 0 Å². The highest BCUT2D eigenvalue weighted by atomic mass is 16.3. The summed E-state index contributed by atoms with van der Waals surface area (Å²) in [6.07, 6.45) is 5.40. The molecule has 2 aliphatic carbocycles. The molecular formula is C18H22N2O. The third-order valence-corrected chi connectivity index (χ3v) is 4.60. The van der Waals surface area contributed by atoms with Crippen molar-refractivity contribution in [1.82, 2.24) is 4.98 Å². The Morgan fingerprint density at radius 1 is 1.05 bits per heavy atom. The predicted molar refractivity (Wildman–Crippen MR) is 85.3 cm³/mol. The highest BCUT2D eigenvalue weighted by Gasteiger charge is 2.30. The minimum absolute atomic E-state index is 0.0685. The normalized spacial score (nSPS) is 18.1. The van der Waals surface area contributed by atoms with E-state index in [0.29, 0.717) is 0 Å². The minimum Gasteiger partial charge on any atom is -0.392 e. The van der Waals surface area contributed by atoms with Gasteiger partial charge in [0.05, 0.1) is 12.1 Å². The molecule has 21 heavy (non-hydrogen) atoms. The molecule has 4 rings (SSSR count). The van der Waals surface area contributed by atoms with Crippen LogP contribution in [0.3, 0.4) is 0 Å². The lowest BCUT2D eigenvalue weighted by Crippen LogP contribution is -2.30. The molecule has 0 saturated heterocycles. The van der Waals surface area contributed by atoms with Crippen molar-refractivity contribution in [3.05, 3.63) is 35.9 Å². The Balaban J connectivity index is 1.72. The number of aromatic nitrogens is 1. The number of aliphatic hydroxyl groups excluding tert-OH is 1. The van der Waals surface area contributed by atoms with Gasteiger partial charge in [-0.15, -0.1) is 0 Å². The third kappa shape index (κ3) is 2.88. The van der Waals surface area contributed by atoms with Crippen LogP contribution < -0.4 is 4.90 Å². The topological polar surface area (TPSA) is 36.4 Å². The van der Waals surface area contributed by atoms with Gasteiger partial charge in [-0.3, -0.25) is 0 Å². The van der Waals surface area contributed by atoms with Crippen molar-refractivity contribution in [1.29, 1.82) is 0 Å². The van der Waals surface area contributed by atoms with E-state index < -0.39 is 0 Å². The fourth-order valence-corrected chi connectivity index (χ4v) is 3.01. The lowest BCUT2D eigenvalue weighted by Gasteiger charge is -2.26. The Bertz CT molecular complexity index is 633. The molecule has 1 N–H and O–H groups in total. The molecule has 3 nitrogen and oxygen atoms in total. The molecule has 0 radical (unpaired) electrons. The van der Waals surface area contributed by atoms with E-state index in [4.69, 9.17) is 4.98 Å². The first-order chi connectivity index (χ1) is 10.3. The molecule has 3 heteroatoms. The van der Waals surface area contributed by atoms with E-state index in [0.717, 1.165) is 47.2 Å². The Kier molecular flexibility index (Phi) is 3.30. The highest BCUT2D eigenvalue weighted by molar-refractivity contribution is 5.81. The average Bonchev–Trinajstić information content (AvgIpc) is 3.41. The molecule has 0 atom stereocenters. The van der Waals surface area contributed by atoms with Crippen LogP contribution in [0.15, 0.2) is 30.3 Å². The lowest BCUT2D eigenvalue weighted by molar-refractivity contribution is 0.281. The number of rotatable bonds is 6. The van der Waals surface area contributed by atoms with Gasteiger partial charge in [0.2, 0.25) is 0 Å². The first kappa shape index (κ1) is 13.1. The molecule has 2 saturated carbocycles. The number of hydrogen-bond acceptors (Lipinski definition) is 3. The molecule has 2 fully saturated rings. The van der Waals surface area contributed by atoms with E-state index in [1.54, 1.807) is 0 Å². The Hall–Kier alpha value is -1.61. The quantitative estimate of drug-likeness (QED) is 0.882. The second-order valence-electron chi connectivity index (χ2n) is 6.61. The van der Waals surface area contributed by atoms with Crippen LogP contribution in [-0.4, -0.2) is 23.2 Å². The van der Waals surface area contributed by atoms with Gasteiger partial charge in [0.1, 0.15) is 5.82 Å². The zero-order chi connectivity index (χ0) is 14.2. The number of benzene rings is 1. The van der Waals surface area contributed by atoms with Gasteiger partial charge in [-0.25, -0.2) is 4.98 Å². The number of nitrogens with zero attached hydrogens (tertiary/aromatic N) is 2. The molecule has 2 aliphatic rings. The summed E-state index contributed by atoms with van der Waals surface area (Å²) >= 11 is 0. The zero-order valence-electron chi connectivity index (χ0n) is 12.3. The van der Waals surface area contributed by atoms with Crippen LogP contribution in [0.2, 0.25) is 0 Å². The maximum absolute atomic E-state index is 9.76. The second kappa shape index (κ2) is 5.30. The maximum Gasteiger partial charge on any atom is 0.134 e. The number of fused-ring (bicyclic) bond motifs is 1. The van der Waals surface area contributed by atoms with Crippen LogP contribution in [0.25, 0.3) is 10.9 Å². The summed E-state index contributed by atoms with van der Waals surface area (Å²) in [6, 6.07) is 10.3. The molecule has 1 heterocycles. The number of anilines is 1. The number of hydrogen-bond donors (Lipinski definition) is 1. The summed E-state index contributed by atoms with van der Waals surface area (Å²) in [5.41, 5.74) is 2.00. The van der Waals surface area contributed by atoms with Crippen LogP contribution in [0.1, 0.15) is 31.2 Å². The van der Waals surface area contributed by atoms with Crippen LogP contribution in [0.4, 0.5) is 5.82 Å². The molecule has 1 aromatic heterocycles. The van der Waals surface area contributed by atoms with Gasteiger partial charge in [-0.05, 0) is 49.7 Å². The standard InChI is InChI=1S/C18H22N2O/c21-12-16-9-15-3-1-2-4-17(15)19-18(16)20(10-13-5-6-13)11-14-7-8-14/h1-4,9,13-14,21H,5-8,10-12H2. The van der Waals surface area contributed by atoms with Crippen LogP contribution in [0.5, 0.6) is 0 Å². The summed E-state index contributed by atoms with van der Waals surface area (Å²) < 4.78 is 0. The van der Waals surface area contributed by atoms with E-state index in [2.05, 4.69) is 23.1 Å². The van der Waals surface area contributed by atoms with Crippen molar-refractivity contribution in [2.24, 2.45) is 11.8 Å². The Morgan fingerprint density at radius 2 is 1.71 bits per heavy atom. The summed E-state index contributed by atoms with van der Waals surface area (Å²) in [5.74, 6) is 2.68. The number of para-hydroxylation sites is 1. The largest absolute Gasteiger partial charge is 0.392 e. The van der Waals surface area contributed by atoms with E-state index in [-0.39, 0.29) is 6.61 Å². The van der Waals surface area contributed by atoms with Crippen molar-refractivity contribution in [3.8, 4) is 0 Å². The molecule has 0 unspecified atom stereocenters. The van der Waals surface area contributed by atoms with E-state index in [1.165, 1.54) is 25.7 Å². The van der Waals surface area contributed by atoms with Crippen LogP contribution in [-0.2, 0) is 6.61 Å². The van der Waals surface area contributed by atoms with Crippen molar-refractivity contribution >= 4 is 16.7 Å². The van der Waals surface area contributed by atoms with Gasteiger partial charge in [-0.2, -0.15) is 0 Å². The lowest BCUT2D eigenvalue weighted by atomic mass is 10.1. The molecule has 0 aliphatic heterocycles. The first-order valence-corrected chi connectivity index (χ1v) is 8.08. The van der Waals surface area contributed by atoms with Crippen LogP contribution in [0, 0.1) is 11.8 Å². The maximum atomic E-state index is 9.76. The van der Waals surface area contributed by atoms with E-state index in [9.17, 15) is 5.11 Å². The van der Waals surface area contributed by atoms with Crippen molar-refractivity contribution in [3.63, 3.8) is 0 Å². The van der Waals surface area contributed by atoms with E-state index in [1.807, 2.05) is 12.1 Å². The minimum atomic E-state index is 0.0685. The monoisotopic (exact) mass is 282 g/mol. The van der Waals surface area contributed by atoms with Gasteiger partial charge >= 0.3 is 0 Å². The molecule has 1 aromatic carbocycles. The Labute approximate surface area is 125 Å². The average molecular weight is 282 g/mol. The van der Waals surface area contributed by atoms with Crippen molar-refractivity contribution in [2.75, 3.05) is 18.0 Å². The van der Waals surface area contributed by atoms with Crippen molar-refractivity contribution < 1.29 is 5.11 Å². The molecule has 2 aromatic rings. The van der Waals surface area contributed by atoms with E-state index >= 15 is 0 Å². The molecule has 110 valence electrons. The smallest absolute Gasteiger partial charge is 0.134 e. The predicted octanol–water partition coefficient (Wildman–Crippen LogP) is 3.35. The summed E-state index contributed by atoms with van der Waals surface area (Å²) in [6.45, 7) is 2.28. The molecule has 0 bridgehead atoms. The Morgan fingerprint density at radius 3 is 2.33 bits per heavy atom. The van der Waals surface area contributed by atoms with Gasteiger partial charge in [0, 0.05) is 24.0 Å². The van der Waals surface area contributed by atoms with Crippen LogP contribution >= 0.6 is 0 Å². The summed E-state index contributed by atoms with van der Waals surface area (Å²) in [5, 5.41) is 10.9. The molecule has 0 spiro atoms. The SMILES string of the molecule is OCc1cc2ccccc2nc1N(CC1CC1)CC1CC1. The third-order valence-electron chi connectivity index (χ3n) is 4.60. The van der Waals surface area contributed by atoms with Crippen molar-refractivity contribution in [2.45, 2.75) is 32.3 Å². The fourth-order valence-electron chi connectivity index (χ4n) is 3.01. The summed E-state index contributed by atoms with van der Waals surface area (Å²) in [7, 11) is 0. The van der Waals surface area contributed by atoms with Gasteiger partial charge in [0.15, 0.2) is 0 Å². The molecular weight excluding hydrogens is 260 g/mol. The highest BCUT2D eigenvalue weighted by Crippen LogP contribution is 2.36. The van der Waals surface area contributed by atoms with Gasteiger partial charge < -0.3 is 10.0 Å². The zero-order valence-corrected chi connectivity index (χ0v) is 12.3. The number of pyridine rings is 1. The fraction of sp³-hybridized carbons (Fsp3) is 0.500. The summed E-state index contributed by atoms with van der Waals surface area (Å²) in [4.78, 5) is 7.31. The number of aliphatic hydroxyl groups is 1. The first-order valence-electron chi connectivity index (χ1n) is 8.08.